The van der Waals surface area contributed by atoms with Crippen molar-refractivity contribution in [2.75, 3.05) is 0 Å². The number of aromatic nitrogens is 3. The van der Waals surface area contributed by atoms with Crippen LogP contribution in [-0.4, -0.2) is 31.3 Å². The van der Waals surface area contributed by atoms with Crippen LogP contribution in [0.3, 0.4) is 0 Å². The maximum Gasteiger partial charge on any atom is 0.353 e. The van der Waals surface area contributed by atoms with E-state index in [-0.39, 0.29) is 23.9 Å². The number of benzene rings is 2. The molecule has 1 heterocycles. The Kier molecular flexibility index (Phi) is 7.21. The van der Waals surface area contributed by atoms with Gasteiger partial charge in [0.1, 0.15) is 6.33 Å². The van der Waals surface area contributed by atoms with Crippen molar-refractivity contribution in [2.24, 2.45) is 11.8 Å². The molecule has 2 unspecified atom stereocenters. The fourth-order valence-electron chi connectivity index (χ4n) is 4.81. The molecule has 1 saturated carbocycles. The van der Waals surface area contributed by atoms with Crippen LogP contribution < -0.4 is 5.69 Å². The highest BCUT2D eigenvalue weighted by Crippen LogP contribution is 2.32. The number of hydrogen-bond acceptors (Lipinski definition) is 4. The fourth-order valence-corrected chi connectivity index (χ4v) is 4.81. The van der Waals surface area contributed by atoms with Crippen LogP contribution in [0.15, 0.2) is 72.3 Å². The molecule has 1 aliphatic rings. The number of carboxylic acid groups (broad SMARTS) is 1. The molecule has 7 heteroatoms. The molecule has 0 aliphatic heterocycles. The van der Waals surface area contributed by atoms with Gasteiger partial charge in [0, 0.05) is 5.92 Å². The van der Waals surface area contributed by atoms with Gasteiger partial charge in [0.15, 0.2) is 0 Å². The van der Waals surface area contributed by atoms with Crippen LogP contribution in [0.2, 0.25) is 0 Å². The van der Waals surface area contributed by atoms with Gasteiger partial charge in [-0.2, -0.15) is 5.10 Å². The third-order valence-electron chi connectivity index (χ3n) is 6.63. The number of carboxylic acids is 1. The number of carbonyl (C=O) groups is 2. The summed E-state index contributed by atoms with van der Waals surface area (Å²) in [6.45, 7) is 4.06. The average Bonchev–Trinajstić information content (AvgIpc) is 3.22. The summed E-state index contributed by atoms with van der Waals surface area (Å²) in [6, 6.07) is 14.2. The third-order valence-corrected chi connectivity index (χ3v) is 6.63. The maximum absolute atomic E-state index is 13.0. The smallest absolute Gasteiger partial charge is 0.353 e. The van der Waals surface area contributed by atoms with E-state index in [0.29, 0.717) is 11.5 Å². The first-order valence-electron chi connectivity index (χ1n) is 11.7. The topological polar surface area (TPSA) is 94.2 Å². The SMILES string of the molecule is C=CCCC1CCCC(C(=O)n2ncn(Cc3ccc(-c4ccccc4C(=O)O)cc3)c2=O)C1. The number of rotatable bonds is 8. The van der Waals surface area contributed by atoms with E-state index in [0.717, 1.165) is 54.3 Å². The normalized spacial score (nSPS) is 17.9. The van der Waals surface area contributed by atoms with Crippen LogP contribution in [0, 0.1) is 11.8 Å². The molecule has 34 heavy (non-hydrogen) atoms. The van der Waals surface area contributed by atoms with Crippen molar-refractivity contribution < 1.29 is 14.7 Å². The largest absolute Gasteiger partial charge is 0.478 e. The molecule has 0 saturated heterocycles. The predicted octanol–water partition coefficient (Wildman–Crippen LogP) is 4.87. The summed E-state index contributed by atoms with van der Waals surface area (Å²) in [7, 11) is 0. The zero-order chi connectivity index (χ0) is 24.1. The Labute approximate surface area is 198 Å². The molecule has 3 aromatic rings. The Morgan fingerprint density at radius 2 is 1.88 bits per heavy atom. The van der Waals surface area contributed by atoms with Crippen LogP contribution in [-0.2, 0) is 6.54 Å². The van der Waals surface area contributed by atoms with Crippen molar-refractivity contribution in [3.8, 4) is 11.1 Å². The number of nitrogens with zero attached hydrogens (tertiary/aromatic N) is 3. The van der Waals surface area contributed by atoms with Crippen LogP contribution >= 0.6 is 0 Å². The van der Waals surface area contributed by atoms with Gasteiger partial charge in [0.25, 0.3) is 5.91 Å². The molecule has 0 bridgehead atoms. The molecule has 2 atom stereocenters. The standard InChI is InChI=1S/C27H29N3O4/c1-2-3-7-19-8-6-9-22(16-19)25(31)30-27(34)29(18-28-30)17-20-12-14-21(15-13-20)23-10-4-5-11-24(23)26(32)33/h2,4-5,10-15,18-19,22H,1,3,6-9,16-17H2,(H,32,33). The summed E-state index contributed by atoms with van der Waals surface area (Å²) in [5.41, 5.74) is 2.08. The number of aromatic carboxylic acids is 1. The van der Waals surface area contributed by atoms with Gasteiger partial charge in [-0.05, 0) is 54.4 Å². The van der Waals surface area contributed by atoms with Gasteiger partial charge in [-0.15, -0.1) is 11.3 Å². The first-order chi connectivity index (χ1) is 16.5. The van der Waals surface area contributed by atoms with Crippen molar-refractivity contribution in [1.82, 2.24) is 14.3 Å². The minimum absolute atomic E-state index is 0.168. The molecule has 1 N–H and O–H groups in total. The number of allylic oxidation sites excluding steroid dienone is 1. The van der Waals surface area contributed by atoms with E-state index in [1.54, 1.807) is 24.3 Å². The highest BCUT2D eigenvalue weighted by Gasteiger charge is 2.29. The van der Waals surface area contributed by atoms with Gasteiger partial charge in [-0.1, -0.05) is 61.4 Å². The highest BCUT2D eigenvalue weighted by atomic mass is 16.4. The summed E-state index contributed by atoms with van der Waals surface area (Å²) in [5.74, 6) is -0.873. The van der Waals surface area contributed by atoms with E-state index in [4.69, 9.17) is 0 Å². The van der Waals surface area contributed by atoms with Gasteiger partial charge >= 0.3 is 11.7 Å². The Hall–Kier alpha value is -3.74. The Bertz CT molecular complexity index is 1240. The zero-order valence-electron chi connectivity index (χ0n) is 19.1. The van der Waals surface area contributed by atoms with Gasteiger partial charge in [0.05, 0.1) is 12.1 Å². The van der Waals surface area contributed by atoms with E-state index in [1.807, 2.05) is 30.3 Å². The minimum Gasteiger partial charge on any atom is -0.478 e. The first-order valence-corrected chi connectivity index (χ1v) is 11.7. The second-order valence-corrected chi connectivity index (χ2v) is 8.93. The van der Waals surface area contributed by atoms with E-state index < -0.39 is 11.7 Å². The lowest BCUT2D eigenvalue weighted by Gasteiger charge is -2.27. The van der Waals surface area contributed by atoms with Crippen LogP contribution in [0.25, 0.3) is 11.1 Å². The average molecular weight is 460 g/mol. The molecule has 0 spiro atoms. The van der Waals surface area contributed by atoms with Crippen molar-refractivity contribution in [1.29, 1.82) is 0 Å². The predicted molar refractivity (Wildman–Crippen MR) is 130 cm³/mol. The van der Waals surface area contributed by atoms with Crippen molar-refractivity contribution in [2.45, 2.75) is 45.1 Å². The molecular weight excluding hydrogens is 430 g/mol. The van der Waals surface area contributed by atoms with Gasteiger partial charge in [-0.25, -0.2) is 9.59 Å². The van der Waals surface area contributed by atoms with Gasteiger partial charge in [0.2, 0.25) is 0 Å². The molecule has 1 aliphatic carbocycles. The van der Waals surface area contributed by atoms with E-state index in [9.17, 15) is 19.5 Å². The molecule has 1 aromatic heterocycles. The van der Waals surface area contributed by atoms with Crippen molar-refractivity contribution >= 4 is 11.9 Å². The fraction of sp³-hybridized carbons (Fsp3) is 0.333. The van der Waals surface area contributed by atoms with Gasteiger partial charge < -0.3 is 5.11 Å². The second kappa shape index (κ2) is 10.5. The van der Waals surface area contributed by atoms with Crippen LogP contribution in [0.4, 0.5) is 0 Å². The lowest BCUT2D eigenvalue weighted by atomic mass is 9.79. The van der Waals surface area contributed by atoms with Crippen LogP contribution in [0.5, 0.6) is 0 Å². The Morgan fingerprint density at radius 1 is 1.12 bits per heavy atom. The monoisotopic (exact) mass is 459 g/mol. The quantitative estimate of drug-likeness (QED) is 0.485. The molecular formula is C27H29N3O4. The zero-order valence-corrected chi connectivity index (χ0v) is 19.1. The molecule has 0 amide bonds. The molecule has 2 aromatic carbocycles. The van der Waals surface area contributed by atoms with Crippen LogP contribution in [0.1, 0.15) is 59.2 Å². The Morgan fingerprint density at radius 3 is 2.62 bits per heavy atom. The molecule has 7 nitrogen and oxygen atoms in total. The van der Waals surface area contributed by atoms with Gasteiger partial charge in [-0.3, -0.25) is 9.36 Å². The van der Waals surface area contributed by atoms with Crippen molar-refractivity contribution in [3.05, 3.63) is 89.1 Å². The summed E-state index contributed by atoms with van der Waals surface area (Å²) >= 11 is 0. The van der Waals surface area contributed by atoms with E-state index in [1.165, 1.54) is 10.9 Å². The third kappa shape index (κ3) is 5.09. The van der Waals surface area contributed by atoms with Crippen molar-refractivity contribution in [3.63, 3.8) is 0 Å². The lowest BCUT2D eigenvalue weighted by molar-refractivity contribution is 0.0696. The Balaban J connectivity index is 1.46. The highest BCUT2D eigenvalue weighted by molar-refractivity contribution is 5.96. The maximum atomic E-state index is 13.0. The summed E-state index contributed by atoms with van der Waals surface area (Å²) in [6.07, 6.45) is 9.00. The lowest BCUT2D eigenvalue weighted by Crippen LogP contribution is -2.36. The molecule has 0 radical (unpaired) electrons. The van der Waals surface area contributed by atoms with E-state index >= 15 is 0 Å². The molecule has 4 rings (SSSR count). The number of hydrogen-bond donors (Lipinski definition) is 1. The minimum atomic E-state index is -0.978. The molecule has 1 fully saturated rings. The number of carbonyl (C=O) groups excluding carboxylic acids is 1. The molecule has 176 valence electrons. The second-order valence-electron chi connectivity index (χ2n) is 8.93. The van der Waals surface area contributed by atoms with E-state index in [2.05, 4.69) is 11.7 Å². The summed E-state index contributed by atoms with van der Waals surface area (Å²) in [5, 5.41) is 13.5. The first kappa shape index (κ1) is 23.4. The summed E-state index contributed by atoms with van der Waals surface area (Å²) < 4.78 is 2.44. The summed E-state index contributed by atoms with van der Waals surface area (Å²) in [4.78, 5) is 37.4.